The normalized spacial score (nSPS) is 11.2. The SMILES string of the molecule is Cn1[c-]nc(-c2coc3cc4occ(-n5[c-][n+](C)cc5)c4[c-]c23)c1.Cn1c[c-][n+](-c2coc3cc4occ(-n5[c-]ncc5)c4[c-]c23)c1.[Pt+2].[Pt+4]. The van der Waals surface area contributed by atoms with Crippen LogP contribution in [0.3, 0.4) is 0 Å². The molecular weight excluding hydrogens is 987 g/mol. The molecule has 0 aliphatic heterocycles. The largest absolute Gasteiger partial charge is 4.00 e. The van der Waals surface area contributed by atoms with E-state index in [1.54, 1.807) is 40.4 Å². The number of hydrogen-bond acceptors (Lipinski definition) is 6. The van der Waals surface area contributed by atoms with Gasteiger partial charge in [0.2, 0.25) is 6.33 Å². The van der Waals surface area contributed by atoms with Crippen molar-refractivity contribution in [2.24, 2.45) is 21.1 Å². The molecule has 0 N–H and O–H groups in total. The van der Waals surface area contributed by atoms with Gasteiger partial charge in [-0.15, -0.1) is 18.3 Å². The van der Waals surface area contributed by atoms with Gasteiger partial charge in [0.05, 0.1) is 79.0 Å². The molecule has 14 heteroatoms. The molecule has 49 heavy (non-hydrogen) atoms. The average Bonchev–Trinajstić information content (AvgIpc) is 3.90. The monoisotopic (exact) mass is 1010 g/mol. The molecule has 0 amide bonds. The number of furan rings is 4. The first-order valence-corrected chi connectivity index (χ1v) is 14.4. The Bertz CT molecular complexity index is 2610. The van der Waals surface area contributed by atoms with Gasteiger partial charge in [0.25, 0.3) is 0 Å². The van der Waals surface area contributed by atoms with Crippen molar-refractivity contribution < 1.29 is 68.9 Å². The number of imidazole rings is 4. The second-order valence-electron chi connectivity index (χ2n) is 11.0. The van der Waals surface area contributed by atoms with Gasteiger partial charge >= 0.3 is 42.1 Å². The summed E-state index contributed by atoms with van der Waals surface area (Å²) in [5.41, 5.74) is 7.14. The molecule has 12 nitrogen and oxygen atoms in total. The van der Waals surface area contributed by atoms with Gasteiger partial charge in [0, 0.05) is 37.0 Å². The smallest absolute Gasteiger partial charge is 0.508 e. The van der Waals surface area contributed by atoms with Crippen molar-refractivity contribution in [3.8, 4) is 28.3 Å². The number of aromatic nitrogens is 8. The zero-order chi connectivity index (χ0) is 31.6. The average molecular weight is 1010 g/mol. The number of benzene rings is 2. The molecule has 0 aliphatic carbocycles. The molecule has 244 valence electrons. The zero-order valence-electron chi connectivity index (χ0n) is 25.8. The topological polar surface area (TPSA) is 106 Å². The van der Waals surface area contributed by atoms with Gasteiger partial charge in [-0.05, 0) is 30.0 Å². The third kappa shape index (κ3) is 5.60. The fourth-order valence-corrected chi connectivity index (χ4v) is 5.54. The molecule has 0 fully saturated rings. The summed E-state index contributed by atoms with van der Waals surface area (Å²) >= 11 is 0. The Balaban J connectivity index is 0.000000148. The van der Waals surface area contributed by atoms with Crippen LogP contribution >= 0.6 is 0 Å². The van der Waals surface area contributed by atoms with Gasteiger partial charge < -0.3 is 55.0 Å². The summed E-state index contributed by atoms with van der Waals surface area (Å²) in [6.07, 6.45) is 31.8. The van der Waals surface area contributed by atoms with Gasteiger partial charge in [0.1, 0.15) is 6.33 Å². The fourth-order valence-electron chi connectivity index (χ4n) is 5.54. The van der Waals surface area contributed by atoms with Crippen LogP contribution in [0.2, 0.25) is 0 Å². The molecule has 0 aliphatic rings. The first-order chi connectivity index (χ1) is 23.0. The van der Waals surface area contributed by atoms with E-state index < -0.39 is 0 Å². The van der Waals surface area contributed by atoms with Crippen LogP contribution in [-0.2, 0) is 63.3 Å². The summed E-state index contributed by atoms with van der Waals surface area (Å²) < 4.78 is 33.7. The molecule has 0 saturated heterocycles. The van der Waals surface area contributed by atoms with E-state index >= 15 is 0 Å². The minimum atomic E-state index is 0. The van der Waals surface area contributed by atoms with Gasteiger partial charge in [-0.1, -0.05) is 34.4 Å². The summed E-state index contributed by atoms with van der Waals surface area (Å²) in [5.74, 6) is 0. The number of rotatable bonds is 4. The van der Waals surface area contributed by atoms with E-state index in [0.717, 1.165) is 55.4 Å². The fraction of sp³-hybridized carbons (Fsp3) is 0.0857. The maximum atomic E-state index is 5.67. The first-order valence-electron chi connectivity index (χ1n) is 14.4. The van der Waals surface area contributed by atoms with E-state index in [2.05, 4.69) is 47.3 Å². The molecule has 2 aromatic carbocycles. The Hall–Kier alpha value is -5.18. The molecule has 0 radical (unpaired) electrons. The molecule has 0 saturated carbocycles. The van der Waals surface area contributed by atoms with E-state index in [0.29, 0.717) is 16.7 Å². The van der Waals surface area contributed by atoms with Gasteiger partial charge in [0.15, 0.2) is 0 Å². The number of aryl methyl sites for hydroxylation is 3. The number of fused-ring (bicyclic) bond motifs is 4. The summed E-state index contributed by atoms with van der Waals surface area (Å²) in [6, 6.07) is 10.6. The van der Waals surface area contributed by atoms with E-state index in [-0.39, 0.29) is 42.1 Å². The van der Waals surface area contributed by atoms with Crippen molar-refractivity contribution in [3.63, 3.8) is 0 Å². The minimum Gasteiger partial charge on any atom is -0.508 e. The van der Waals surface area contributed by atoms with Crippen LogP contribution in [0.15, 0.2) is 98.4 Å². The van der Waals surface area contributed by atoms with E-state index in [1.807, 2.05) is 88.9 Å². The molecule has 0 spiro atoms. The van der Waals surface area contributed by atoms with Crippen LogP contribution in [0.25, 0.3) is 72.2 Å². The van der Waals surface area contributed by atoms with Crippen molar-refractivity contribution in [3.05, 3.63) is 118 Å². The molecule has 10 aromatic rings. The molecule has 0 atom stereocenters. The third-order valence-electron chi connectivity index (χ3n) is 7.80. The standard InChI is InChI=1S/C18H12N4O2.C17H10N4O2.2Pt/c1-20-3-4-22(11-20)16-9-24-18-6-17-12(5-13(16)18)14(8-23-17)15-7-21(2)10-19-15;1-19-4-5-21(11-19)15-9-23-17-7-16-12(6-13(15)17)14(8-22-16)20-3-2-18-10-20;;/h3-4,6-9H,1-2H3;2-4,7-9,11H,1H3;;/q2*-2;+2;+4. The zero-order valence-corrected chi connectivity index (χ0v) is 30.4. The van der Waals surface area contributed by atoms with Crippen LogP contribution < -0.4 is 9.13 Å². The second-order valence-corrected chi connectivity index (χ2v) is 11.0. The van der Waals surface area contributed by atoms with Gasteiger partial charge in [-0.3, -0.25) is 0 Å². The number of nitrogens with zero attached hydrogens (tertiary/aromatic N) is 8. The van der Waals surface area contributed by atoms with E-state index in [1.165, 1.54) is 0 Å². The minimum absolute atomic E-state index is 0. The van der Waals surface area contributed by atoms with Gasteiger partial charge in [-0.2, -0.15) is 0 Å². The predicted octanol–water partition coefficient (Wildman–Crippen LogP) is 4.97. The molecule has 10 rings (SSSR count). The molecule has 0 bridgehead atoms. The maximum Gasteiger partial charge on any atom is 4.00 e. The van der Waals surface area contributed by atoms with Crippen molar-refractivity contribution >= 4 is 43.9 Å². The number of hydrogen-bond donors (Lipinski definition) is 0. The van der Waals surface area contributed by atoms with Crippen molar-refractivity contribution in [1.29, 1.82) is 0 Å². The summed E-state index contributed by atoms with van der Waals surface area (Å²) in [7, 11) is 5.75. The molecular formula is C35H22N8O4Pt2+2. The molecule has 0 unspecified atom stereocenters. The van der Waals surface area contributed by atoms with E-state index in [4.69, 9.17) is 17.7 Å². The van der Waals surface area contributed by atoms with Crippen molar-refractivity contribution in [2.45, 2.75) is 0 Å². The quantitative estimate of drug-likeness (QED) is 0.182. The molecule has 8 aromatic heterocycles. The van der Waals surface area contributed by atoms with Crippen LogP contribution in [0.4, 0.5) is 0 Å². The van der Waals surface area contributed by atoms with Crippen LogP contribution in [0.5, 0.6) is 0 Å². The summed E-state index contributed by atoms with van der Waals surface area (Å²) in [4.78, 5) is 8.24. The Kier molecular flexibility index (Phi) is 8.38. The van der Waals surface area contributed by atoms with Crippen LogP contribution in [0, 0.1) is 37.3 Å². The predicted molar refractivity (Wildman–Crippen MR) is 165 cm³/mol. The third-order valence-corrected chi connectivity index (χ3v) is 7.80. The Labute approximate surface area is 306 Å². The maximum absolute atomic E-state index is 5.67. The molecule has 8 heterocycles. The van der Waals surface area contributed by atoms with Crippen molar-refractivity contribution in [1.82, 2.24) is 28.2 Å². The van der Waals surface area contributed by atoms with Crippen molar-refractivity contribution in [2.75, 3.05) is 0 Å². The summed E-state index contributed by atoms with van der Waals surface area (Å²) in [6.45, 7) is 0. The Morgan fingerprint density at radius 3 is 2.08 bits per heavy atom. The Morgan fingerprint density at radius 1 is 0.776 bits per heavy atom. The van der Waals surface area contributed by atoms with Crippen LogP contribution in [-0.4, -0.2) is 28.2 Å². The van der Waals surface area contributed by atoms with Gasteiger partial charge in [-0.25, -0.2) is 0 Å². The van der Waals surface area contributed by atoms with Crippen LogP contribution in [0.1, 0.15) is 0 Å². The second kappa shape index (κ2) is 12.7. The van der Waals surface area contributed by atoms with E-state index in [9.17, 15) is 0 Å². The Morgan fingerprint density at radius 2 is 1.45 bits per heavy atom. The first kappa shape index (κ1) is 32.4. The summed E-state index contributed by atoms with van der Waals surface area (Å²) in [5, 5.41) is 3.46.